The Balaban J connectivity index is 2.12. The molecule has 2 fully saturated rings. The van der Waals surface area contributed by atoms with Crippen molar-refractivity contribution in [2.75, 3.05) is 13.1 Å². The van der Waals surface area contributed by atoms with E-state index in [-0.39, 0.29) is 5.41 Å². The second-order valence-electron chi connectivity index (χ2n) is 3.84. The molecule has 2 nitrogen and oxygen atoms in total. The van der Waals surface area contributed by atoms with Gasteiger partial charge in [0.1, 0.15) is 5.78 Å². The molecule has 2 rings (SSSR count). The van der Waals surface area contributed by atoms with Crippen molar-refractivity contribution >= 4 is 5.78 Å². The van der Waals surface area contributed by atoms with Gasteiger partial charge >= 0.3 is 0 Å². The van der Waals surface area contributed by atoms with E-state index in [0.29, 0.717) is 5.78 Å². The van der Waals surface area contributed by atoms with E-state index in [0.717, 1.165) is 38.8 Å². The van der Waals surface area contributed by atoms with Crippen LogP contribution in [0.3, 0.4) is 0 Å². The number of hydrogen-bond donors (Lipinski definition) is 1. The molecule has 1 saturated carbocycles. The largest absolute Gasteiger partial charge is 0.316 e. The molecule has 2 aliphatic rings. The van der Waals surface area contributed by atoms with E-state index in [1.165, 1.54) is 6.42 Å². The normalized spacial score (nSPS) is 38.4. The fourth-order valence-corrected chi connectivity index (χ4v) is 2.41. The number of rotatable bonds is 0. The number of ketones is 1. The summed E-state index contributed by atoms with van der Waals surface area (Å²) in [7, 11) is 0. The van der Waals surface area contributed by atoms with Crippen LogP contribution in [0.1, 0.15) is 32.1 Å². The van der Waals surface area contributed by atoms with Crippen LogP contribution in [-0.2, 0) is 4.79 Å². The first kappa shape index (κ1) is 7.29. The van der Waals surface area contributed by atoms with Gasteiger partial charge in [0.2, 0.25) is 0 Å². The lowest BCUT2D eigenvalue weighted by atomic mass is 9.78. The first-order valence-electron chi connectivity index (χ1n) is 4.58. The van der Waals surface area contributed by atoms with E-state index in [4.69, 9.17) is 0 Å². The zero-order valence-corrected chi connectivity index (χ0v) is 6.86. The standard InChI is InChI=1S/C9H15NO/c11-8-3-1-4-9(8)5-2-6-10-7-9/h10H,1-7H2. The van der Waals surface area contributed by atoms with Crippen molar-refractivity contribution in [3.63, 3.8) is 0 Å². The Morgan fingerprint density at radius 2 is 2.09 bits per heavy atom. The molecule has 1 aliphatic heterocycles. The maximum Gasteiger partial charge on any atom is 0.140 e. The van der Waals surface area contributed by atoms with Crippen LogP contribution >= 0.6 is 0 Å². The summed E-state index contributed by atoms with van der Waals surface area (Å²) in [6.45, 7) is 2.06. The topological polar surface area (TPSA) is 29.1 Å². The Morgan fingerprint density at radius 3 is 2.64 bits per heavy atom. The van der Waals surface area contributed by atoms with Gasteiger partial charge in [-0.25, -0.2) is 0 Å². The average molecular weight is 153 g/mol. The first-order valence-corrected chi connectivity index (χ1v) is 4.58. The lowest BCUT2D eigenvalue weighted by Crippen LogP contribution is -2.42. The summed E-state index contributed by atoms with van der Waals surface area (Å²) in [5.41, 5.74) is 0.0816. The minimum absolute atomic E-state index is 0.0816. The predicted octanol–water partition coefficient (Wildman–Crippen LogP) is 1.11. The molecule has 0 bridgehead atoms. The minimum Gasteiger partial charge on any atom is -0.316 e. The van der Waals surface area contributed by atoms with Crippen molar-refractivity contribution in [1.82, 2.24) is 5.32 Å². The molecule has 0 aromatic heterocycles. The van der Waals surface area contributed by atoms with Gasteiger partial charge in [-0.1, -0.05) is 0 Å². The van der Waals surface area contributed by atoms with E-state index in [2.05, 4.69) is 5.32 Å². The Labute approximate surface area is 67.4 Å². The third-order valence-electron chi connectivity index (χ3n) is 3.12. The van der Waals surface area contributed by atoms with Gasteiger partial charge in [0, 0.05) is 18.4 Å². The molecule has 0 aromatic rings. The summed E-state index contributed by atoms with van der Waals surface area (Å²) in [6, 6.07) is 0. The van der Waals surface area contributed by atoms with Gasteiger partial charge in [0.15, 0.2) is 0 Å². The van der Waals surface area contributed by atoms with Gasteiger partial charge in [0.05, 0.1) is 0 Å². The maximum atomic E-state index is 11.5. The van der Waals surface area contributed by atoms with Crippen molar-refractivity contribution in [2.45, 2.75) is 32.1 Å². The zero-order chi connectivity index (χ0) is 7.73. The summed E-state index contributed by atoms with van der Waals surface area (Å²) in [6.07, 6.45) is 5.42. The van der Waals surface area contributed by atoms with Crippen LogP contribution < -0.4 is 5.32 Å². The SMILES string of the molecule is O=C1CCCC12CCCNC2. The second-order valence-corrected chi connectivity index (χ2v) is 3.84. The number of carbonyl (C=O) groups excluding carboxylic acids is 1. The molecule has 0 amide bonds. The van der Waals surface area contributed by atoms with Gasteiger partial charge in [-0.05, 0) is 32.2 Å². The Kier molecular flexibility index (Phi) is 1.72. The fraction of sp³-hybridized carbons (Fsp3) is 0.889. The summed E-state index contributed by atoms with van der Waals surface area (Å²) >= 11 is 0. The molecule has 1 N–H and O–H groups in total. The maximum absolute atomic E-state index is 11.5. The van der Waals surface area contributed by atoms with Gasteiger partial charge in [-0.2, -0.15) is 0 Å². The van der Waals surface area contributed by atoms with Crippen molar-refractivity contribution in [3.05, 3.63) is 0 Å². The molecule has 11 heavy (non-hydrogen) atoms. The van der Waals surface area contributed by atoms with E-state index < -0.39 is 0 Å². The number of carbonyl (C=O) groups is 1. The lowest BCUT2D eigenvalue weighted by Gasteiger charge is -2.31. The van der Waals surface area contributed by atoms with Gasteiger partial charge in [-0.15, -0.1) is 0 Å². The Hall–Kier alpha value is -0.370. The molecule has 1 aliphatic carbocycles. The highest BCUT2D eigenvalue weighted by molar-refractivity contribution is 5.87. The second kappa shape index (κ2) is 2.59. The highest BCUT2D eigenvalue weighted by atomic mass is 16.1. The summed E-state index contributed by atoms with van der Waals surface area (Å²) in [5.74, 6) is 0.518. The van der Waals surface area contributed by atoms with Crippen molar-refractivity contribution < 1.29 is 4.79 Å². The summed E-state index contributed by atoms with van der Waals surface area (Å²) in [5, 5.41) is 3.33. The molecule has 1 saturated heterocycles. The molecule has 1 unspecified atom stereocenters. The predicted molar refractivity (Wildman–Crippen MR) is 43.4 cm³/mol. The molecule has 2 heteroatoms. The van der Waals surface area contributed by atoms with Crippen LogP contribution in [0.2, 0.25) is 0 Å². The zero-order valence-electron chi connectivity index (χ0n) is 6.86. The van der Waals surface area contributed by atoms with Crippen LogP contribution in [-0.4, -0.2) is 18.9 Å². The Morgan fingerprint density at radius 1 is 1.27 bits per heavy atom. The van der Waals surface area contributed by atoms with Crippen LogP contribution in [0.4, 0.5) is 0 Å². The van der Waals surface area contributed by atoms with Gasteiger partial charge in [0.25, 0.3) is 0 Å². The van der Waals surface area contributed by atoms with Crippen LogP contribution in [0.25, 0.3) is 0 Å². The van der Waals surface area contributed by atoms with Crippen molar-refractivity contribution in [3.8, 4) is 0 Å². The number of hydrogen-bond acceptors (Lipinski definition) is 2. The summed E-state index contributed by atoms with van der Waals surface area (Å²) in [4.78, 5) is 11.5. The number of Topliss-reactive ketones (excluding diaryl/α,β-unsaturated/α-hetero) is 1. The minimum atomic E-state index is 0.0816. The van der Waals surface area contributed by atoms with Crippen molar-refractivity contribution in [1.29, 1.82) is 0 Å². The highest BCUT2D eigenvalue weighted by Gasteiger charge is 2.42. The molecule has 0 radical (unpaired) electrons. The Bertz CT molecular complexity index is 170. The molecule has 0 aromatic carbocycles. The van der Waals surface area contributed by atoms with E-state index in [1.807, 2.05) is 0 Å². The monoisotopic (exact) mass is 153 g/mol. The average Bonchev–Trinajstić information content (AvgIpc) is 2.36. The van der Waals surface area contributed by atoms with Crippen LogP contribution in [0.5, 0.6) is 0 Å². The highest BCUT2D eigenvalue weighted by Crippen LogP contribution is 2.39. The van der Waals surface area contributed by atoms with E-state index in [9.17, 15) is 4.79 Å². The van der Waals surface area contributed by atoms with Gasteiger partial charge in [-0.3, -0.25) is 4.79 Å². The molecule has 62 valence electrons. The van der Waals surface area contributed by atoms with E-state index in [1.54, 1.807) is 0 Å². The smallest absolute Gasteiger partial charge is 0.140 e. The molecule has 1 heterocycles. The molecular formula is C9H15NO. The molecular weight excluding hydrogens is 138 g/mol. The third-order valence-corrected chi connectivity index (χ3v) is 3.12. The number of piperidine rings is 1. The fourth-order valence-electron chi connectivity index (χ4n) is 2.41. The third kappa shape index (κ3) is 1.09. The van der Waals surface area contributed by atoms with Crippen molar-refractivity contribution in [2.24, 2.45) is 5.41 Å². The summed E-state index contributed by atoms with van der Waals surface area (Å²) < 4.78 is 0. The quantitative estimate of drug-likeness (QED) is 0.565. The van der Waals surface area contributed by atoms with Crippen LogP contribution in [0.15, 0.2) is 0 Å². The lowest BCUT2D eigenvalue weighted by molar-refractivity contribution is -0.126. The van der Waals surface area contributed by atoms with Gasteiger partial charge < -0.3 is 5.32 Å². The first-order chi connectivity index (χ1) is 5.33. The van der Waals surface area contributed by atoms with Crippen LogP contribution in [0, 0.1) is 5.41 Å². The van der Waals surface area contributed by atoms with E-state index >= 15 is 0 Å². The number of nitrogens with one attached hydrogen (secondary N) is 1. The molecule has 1 spiro atoms. The molecule has 1 atom stereocenters.